The highest BCUT2D eigenvalue weighted by molar-refractivity contribution is 7.80. The zero-order valence-corrected chi connectivity index (χ0v) is 16.4. The zero-order chi connectivity index (χ0) is 20.1. The number of hydrogen-bond acceptors (Lipinski definition) is 3. The fourth-order valence-electron chi connectivity index (χ4n) is 2.52. The molecule has 0 radical (unpaired) electrons. The van der Waals surface area contributed by atoms with Crippen LogP contribution in [0.1, 0.15) is 11.1 Å². The van der Waals surface area contributed by atoms with Crippen molar-refractivity contribution in [2.75, 3.05) is 10.6 Å². The summed E-state index contributed by atoms with van der Waals surface area (Å²) in [6.07, 6.45) is 1.68. The van der Waals surface area contributed by atoms with Crippen LogP contribution in [0.15, 0.2) is 54.7 Å². The number of anilines is 2. The minimum Gasteiger partial charge on any atom is -0.433 e. The monoisotopic (exact) mass is 422 g/mol. The summed E-state index contributed by atoms with van der Waals surface area (Å²) >= 11 is 11.5. The van der Waals surface area contributed by atoms with E-state index in [1.54, 1.807) is 29.9 Å². The minimum atomic E-state index is -2.94. The Hall–Kier alpha value is -2.71. The number of nitrogens with one attached hydrogen (secondary N) is 2. The molecule has 0 unspecified atom stereocenters. The van der Waals surface area contributed by atoms with Crippen LogP contribution in [-0.2, 0) is 6.54 Å². The van der Waals surface area contributed by atoms with Gasteiger partial charge in [-0.05, 0) is 42.4 Å². The minimum absolute atomic E-state index is 0.000135. The van der Waals surface area contributed by atoms with Crippen molar-refractivity contribution in [3.05, 3.63) is 70.9 Å². The summed E-state index contributed by atoms with van der Waals surface area (Å²) in [5, 5.41) is 10.6. The van der Waals surface area contributed by atoms with Crippen LogP contribution in [0.2, 0.25) is 5.02 Å². The smallest absolute Gasteiger partial charge is 0.387 e. The van der Waals surface area contributed by atoms with Crippen LogP contribution in [0.4, 0.5) is 20.3 Å². The molecule has 28 heavy (non-hydrogen) atoms. The normalized spacial score (nSPS) is 10.8. The van der Waals surface area contributed by atoms with Crippen molar-refractivity contribution in [2.24, 2.45) is 0 Å². The highest BCUT2D eigenvalue weighted by Gasteiger charge is 2.13. The van der Waals surface area contributed by atoms with Gasteiger partial charge in [0.2, 0.25) is 0 Å². The van der Waals surface area contributed by atoms with Gasteiger partial charge in [0.15, 0.2) is 10.9 Å². The second kappa shape index (κ2) is 8.99. The summed E-state index contributed by atoms with van der Waals surface area (Å²) in [6.45, 7) is -0.614. The molecule has 0 bridgehead atoms. The average Bonchev–Trinajstić information content (AvgIpc) is 2.96. The number of aryl methyl sites for hydroxylation is 1. The number of rotatable bonds is 6. The third-order valence-corrected chi connectivity index (χ3v) is 4.22. The lowest BCUT2D eigenvalue weighted by molar-refractivity contribution is -0.0493. The van der Waals surface area contributed by atoms with E-state index in [2.05, 4.69) is 20.5 Å². The van der Waals surface area contributed by atoms with Crippen molar-refractivity contribution < 1.29 is 13.5 Å². The molecule has 0 aliphatic carbocycles. The fourth-order valence-corrected chi connectivity index (χ4v) is 2.92. The first-order chi connectivity index (χ1) is 13.4. The van der Waals surface area contributed by atoms with Crippen molar-refractivity contribution in [1.82, 2.24) is 9.78 Å². The summed E-state index contributed by atoms with van der Waals surface area (Å²) in [6, 6.07) is 14.7. The third kappa shape index (κ3) is 5.40. The molecule has 2 aromatic carbocycles. The Bertz CT molecular complexity index is 966. The fraction of sp³-hybridized carbons (Fsp3) is 0.158. The van der Waals surface area contributed by atoms with Crippen LogP contribution >= 0.6 is 23.8 Å². The lowest BCUT2D eigenvalue weighted by atomic mass is 10.2. The van der Waals surface area contributed by atoms with Crippen LogP contribution in [0, 0.1) is 6.92 Å². The molecule has 1 heterocycles. The van der Waals surface area contributed by atoms with Gasteiger partial charge in [0.05, 0.1) is 12.2 Å². The van der Waals surface area contributed by atoms with Crippen LogP contribution in [0.5, 0.6) is 5.75 Å². The second-order valence-electron chi connectivity index (χ2n) is 5.97. The molecule has 5 nitrogen and oxygen atoms in total. The number of alkyl halides is 2. The number of hydrogen-bond donors (Lipinski definition) is 2. The van der Waals surface area contributed by atoms with Crippen LogP contribution < -0.4 is 15.4 Å². The molecular formula is C19H17ClF2N4OS. The van der Waals surface area contributed by atoms with Gasteiger partial charge < -0.3 is 15.4 Å². The number of aromatic nitrogens is 2. The van der Waals surface area contributed by atoms with Gasteiger partial charge in [-0.1, -0.05) is 48.0 Å². The molecule has 1 aromatic heterocycles. The Morgan fingerprint density at radius 1 is 1.21 bits per heavy atom. The Labute approximate surface area is 171 Å². The van der Waals surface area contributed by atoms with E-state index in [0.717, 1.165) is 11.1 Å². The largest absolute Gasteiger partial charge is 0.433 e. The second-order valence-corrected chi connectivity index (χ2v) is 6.78. The van der Waals surface area contributed by atoms with Gasteiger partial charge in [0.1, 0.15) is 10.8 Å². The van der Waals surface area contributed by atoms with Gasteiger partial charge in [-0.25, -0.2) is 0 Å². The first kappa shape index (κ1) is 20.0. The number of nitrogens with zero attached hydrogens (tertiary/aromatic N) is 2. The van der Waals surface area contributed by atoms with Gasteiger partial charge in [-0.15, -0.1) is 0 Å². The van der Waals surface area contributed by atoms with Crippen molar-refractivity contribution in [3.63, 3.8) is 0 Å². The maximum Gasteiger partial charge on any atom is 0.387 e. The molecule has 146 valence electrons. The molecule has 0 spiro atoms. The molecule has 3 aromatic rings. The van der Waals surface area contributed by atoms with Crippen molar-refractivity contribution in [3.8, 4) is 5.75 Å². The van der Waals surface area contributed by atoms with E-state index in [4.69, 9.17) is 23.8 Å². The van der Waals surface area contributed by atoms with E-state index < -0.39 is 6.61 Å². The van der Waals surface area contributed by atoms with Crippen LogP contribution in [-0.4, -0.2) is 21.5 Å². The van der Waals surface area contributed by atoms with Crippen molar-refractivity contribution in [1.29, 1.82) is 0 Å². The van der Waals surface area contributed by atoms with Gasteiger partial charge in [-0.3, -0.25) is 4.68 Å². The molecule has 3 rings (SSSR count). The van der Waals surface area contributed by atoms with Gasteiger partial charge in [0.25, 0.3) is 0 Å². The predicted molar refractivity (Wildman–Crippen MR) is 110 cm³/mol. The molecular weight excluding hydrogens is 406 g/mol. The van der Waals surface area contributed by atoms with Crippen molar-refractivity contribution in [2.45, 2.75) is 20.1 Å². The number of thiocarbonyl (C=S) groups is 1. The highest BCUT2D eigenvalue weighted by atomic mass is 35.5. The molecule has 0 saturated carbocycles. The van der Waals surface area contributed by atoms with Gasteiger partial charge in [0, 0.05) is 6.20 Å². The van der Waals surface area contributed by atoms with Crippen molar-refractivity contribution >= 4 is 40.4 Å². The zero-order valence-electron chi connectivity index (χ0n) is 14.8. The third-order valence-electron chi connectivity index (χ3n) is 3.74. The maximum absolute atomic E-state index is 12.6. The Kier molecular flexibility index (Phi) is 6.43. The number of halogens is 3. The Morgan fingerprint density at radius 2 is 1.96 bits per heavy atom. The lowest BCUT2D eigenvalue weighted by Crippen LogP contribution is -2.20. The molecule has 0 fully saturated rings. The summed E-state index contributed by atoms with van der Waals surface area (Å²) in [4.78, 5) is 0. The van der Waals surface area contributed by atoms with Crippen LogP contribution in [0.3, 0.4) is 0 Å². The van der Waals surface area contributed by atoms with Gasteiger partial charge >= 0.3 is 6.61 Å². The molecule has 0 aliphatic rings. The molecule has 0 aliphatic heterocycles. The molecule has 0 saturated heterocycles. The lowest BCUT2D eigenvalue weighted by Gasteiger charge is -2.14. The van der Waals surface area contributed by atoms with Gasteiger partial charge in [-0.2, -0.15) is 13.9 Å². The van der Waals surface area contributed by atoms with E-state index >= 15 is 0 Å². The highest BCUT2D eigenvalue weighted by Crippen LogP contribution is 2.28. The number of benzene rings is 2. The summed E-state index contributed by atoms with van der Waals surface area (Å²) < 4.78 is 31.5. The first-order valence-electron chi connectivity index (χ1n) is 8.31. The molecule has 0 atom stereocenters. The van der Waals surface area contributed by atoms with E-state index in [9.17, 15) is 8.78 Å². The van der Waals surface area contributed by atoms with E-state index in [-0.39, 0.29) is 10.9 Å². The van der Waals surface area contributed by atoms with E-state index in [1.165, 1.54) is 6.07 Å². The van der Waals surface area contributed by atoms with Crippen LogP contribution in [0.25, 0.3) is 0 Å². The average molecular weight is 423 g/mol. The number of ether oxygens (including phenoxy) is 1. The standard InChI is InChI=1S/C19H17ClF2N4OS/c1-12-7-8-15(16(9-12)27-18(21)22)23-19(28)24-17-14(20)11-26(25-17)10-13-5-3-2-4-6-13/h2-9,11,18H,10H2,1H3,(H2,23,24,25,28). The summed E-state index contributed by atoms with van der Waals surface area (Å²) in [7, 11) is 0. The first-order valence-corrected chi connectivity index (χ1v) is 9.09. The topological polar surface area (TPSA) is 51.1 Å². The Balaban J connectivity index is 1.69. The van der Waals surface area contributed by atoms with E-state index in [1.807, 2.05) is 30.3 Å². The summed E-state index contributed by atoms with van der Waals surface area (Å²) in [5.41, 5.74) is 2.16. The molecule has 9 heteroatoms. The molecule has 2 N–H and O–H groups in total. The Morgan fingerprint density at radius 3 is 2.68 bits per heavy atom. The molecule has 0 amide bonds. The quantitative estimate of drug-likeness (QED) is 0.528. The predicted octanol–water partition coefficient (Wildman–Crippen LogP) is 5.30. The SMILES string of the molecule is Cc1ccc(NC(=S)Nc2nn(Cc3ccccc3)cc2Cl)c(OC(F)F)c1. The van der Waals surface area contributed by atoms with E-state index in [0.29, 0.717) is 23.1 Å². The maximum atomic E-state index is 12.6. The summed E-state index contributed by atoms with van der Waals surface area (Å²) in [5.74, 6) is 0.360.